The van der Waals surface area contributed by atoms with E-state index in [1.54, 1.807) is 24.4 Å². The van der Waals surface area contributed by atoms with Crippen LogP contribution in [0.1, 0.15) is 19.5 Å². The van der Waals surface area contributed by atoms with Crippen molar-refractivity contribution in [1.29, 1.82) is 0 Å². The molecular formula is C20H21ClFN3O2. The average Bonchev–Trinajstić information content (AvgIpc) is 2.97. The van der Waals surface area contributed by atoms with E-state index >= 15 is 0 Å². The van der Waals surface area contributed by atoms with Gasteiger partial charge in [0.2, 0.25) is 5.91 Å². The van der Waals surface area contributed by atoms with Gasteiger partial charge in [-0.05, 0) is 50.2 Å². The lowest BCUT2D eigenvalue weighted by Gasteiger charge is -2.10. The second kappa shape index (κ2) is 8.39. The van der Waals surface area contributed by atoms with Gasteiger partial charge in [0, 0.05) is 17.8 Å². The third-order valence-corrected chi connectivity index (χ3v) is 4.16. The molecule has 7 heteroatoms. The Morgan fingerprint density at radius 2 is 2.00 bits per heavy atom. The fourth-order valence-corrected chi connectivity index (χ4v) is 3.02. The number of carbonyl (C=O) groups is 1. The molecule has 0 atom stereocenters. The van der Waals surface area contributed by atoms with Gasteiger partial charge in [-0.3, -0.25) is 4.79 Å². The van der Waals surface area contributed by atoms with Gasteiger partial charge in [0.1, 0.15) is 24.7 Å². The lowest BCUT2D eigenvalue weighted by atomic mass is 10.1. The first-order chi connectivity index (χ1) is 13.0. The van der Waals surface area contributed by atoms with E-state index in [4.69, 9.17) is 16.3 Å². The lowest BCUT2D eigenvalue weighted by Crippen LogP contribution is -2.31. The van der Waals surface area contributed by atoms with Crippen molar-refractivity contribution in [1.82, 2.24) is 14.7 Å². The van der Waals surface area contributed by atoms with Crippen molar-refractivity contribution >= 4 is 23.2 Å². The number of nitrogens with one attached hydrogen (secondary N) is 1. The van der Waals surface area contributed by atoms with Gasteiger partial charge < -0.3 is 14.5 Å². The molecule has 0 aliphatic carbocycles. The highest BCUT2D eigenvalue weighted by molar-refractivity contribution is 6.30. The number of amides is 1. The molecule has 2 aromatic heterocycles. The van der Waals surface area contributed by atoms with Crippen LogP contribution in [-0.2, 0) is 11.2 Å². The Labute approximate surface area is 162 Å². The Morgan fingerprint density at radius 1 is 1.26 bits per heavy atom. The minimum atomic E-state index is -0.538. The monoisotopic (exact) mass is 388 g/mol. The number of alkyl halides is 1. The minimum absolute atomic E-state index is 0.0207. The van der Waals surface area contributed by atoms with Crippen molar-refractivity contribution in [2.75, 3.05) is 13.3 Å². The fourth-order valence-electron chi connectivity index (χ4n) is 2.86. The van der Waals surface area contributed by atoms with Crippen molar-refractivity contribution in [2.45, 2.75) is 26.3 Å². The summed E-state index contributed by atoms with van der Waals surface area (Å²) in [5.74, 6) is 0.498. The second-order valence-electron chi connectivity index (χ2n) is 6.44. The van der Waals surface area contributed by atoms with Crippen molar-refractivity contribution in [3.63, 3.8) is 0 Å². The van der Waals surface area contributed by atoms with Crippen molar-refractivity contribution in [2.24, 2.45) is 0 Å². The van der Waals surface area contributed by atoms with Crippen molar-refractivity contribution in [3.05, 3.63) is 53.3 Å². The lowest BCUT2D eigenvalue weighted by molar-refractivity contribution is -0.120. The zero-order valence-corrected chi connectivity index (χ0v) is 16.0. The number of aromatic nitrogens is 2. The van der Waals surface area contributed by atoms with E-state index in [0.717, 1.165) is 11.3 Å². The van der Waals surface area contributed by atoms with Gasteiger partial charge in [0.15, 0.2) is 0 Å². The molecule has 27 heavy (non-hydrogen) atoms. The quantitative estimate of drug-likeness (QED) is 0.663. The molecule has 0 aliphatic heterocycles. The van der Waals surface area contributed by atoms with Crippen LogP contribution in [-0.4, -0.2) is 34.6 Å². The number of rotatable bonds is 7. The minimum Gasteiger partial charge on any atom is -0.491 e. The molecule has 5 nitrogen and oxygen atoms in total. The van der Waals surface area contributed by atoms with Crippen LogP contribution in [0.3, 0.4) is 0 Å². The summed E-state index contributed by atoms with van der Waals surface area (Å²) in [4.78, 5) is 17.0. The smallest absolute Gasteiger partial charge is 0.226 e. The van der Waals surface area contributed by atoms with Crippen LogP contribution in [0.15, 0.2) is 42.6 Å². The molecule has 1 amide bonds. The van der Waals surface area contributed by atoms with Gasteiger partial charge in [-0.15, -0.1) is 0 Å². The highest BCUT2D eigenvalue weighted by atomic mass is 35.5. The molecular weight excluding hydrogens is 368 g/mol. The Hall–Kier alpha value is -2.60. The topological polar surface area (TPSA) is 55.6 Å². The number of halogens is 2. The summed E-state index contributed by atoms with van der Waals surface area (Å²) < 4.78 is 19.4. The van der Waals surface area contributed by atoms with Crippen molar-refractivity contribution < 1.29 is 13.9 Å². The third kappa shape index (κ3) is 4.57. The average molecular weight is 389 g/mol. The van der Waals surface area contributed by atoms with Crippen LogP contribution in [0.25, 0.3) is 16.9 Å². The molecule has 0 spiro atoms. The van der Waals surface area contributed by atoms with E-state index in [-0.39, 0.29) is 25.0 Å². The highest BCUT2D eigenvalue weighted by Gasteiger charge is 2.18. The molecule has 0 bridgehead atoms. The number of imidazole rings is 1. The maximum Gasteiger partial charge on any atom is 0.226 e. The summed E-state index contributed by atoms with van der Waals surface area (Å²) in [6.07, 6.45) is 1.93. The Kier molecular flexibility index (Phi) is 5.96. The summed E-state index contributed by atoms with van der Waals surface area (Å²) in [5.41, 5.74) is 3.01. The van der Waals surface area contributed by atoms with E-state index in [0.29, 0.717) is 22.1 Å². The SMILES string of the molecule is CC(C)NC(=O)Cc1c(-c2ccc(OCC[18F])cc2)nc2ccc(Cl)cn12. The first-order valence-electron chi connectivity index (χ1n) is 8.73. The Bertz CT molecular complexity index is 938. The van der Waals surface area contributed by atoms with Crippen LogP contribution in [0.2, 0.25) is 5.02 Å². The molecule has 2 heterocycles. The molecule has 0 unspecified atom stereocenters. The van der Waals surface area contributed by atoms with E-state index in [2.05, 4.69) is 10.3 Å². The zero-order valence-electron chi connectivity index (χ0n) is 15.2. The van der Waals surface area contributed by atoms with Crippen LogP contribution >= 0.6 is 11.6 Å². The standard InChI is InChI=1S/C20H21ClFN3O2/c1-13(2)23-19(26)11-17-20(24-18-8-5-15(21)12-25(17)18)14-3-6-16(7-4-14)27-10-9-22/h3-8,12-13H,9-11H2,1-2H3,(H,23,26)/i22-1. The maximum atomic E-state index is 12.4. The van der Waals surface area contributed by atoms with Crippen LogP contribution in [0.5, 0.6) is 5.75 Å². The van der Waals surface area contributed by atoms with E-state index in [1.165, 1.54) is 0 Å². The first kappa shape index (κ1) is 19.2. The molecule has 142 valence electrons. The van der Waals surface area contributed by atoms with Crippen LogP contribution in [0.4, 0.5) is 4.39 Å². The summed E-state index contributed by atoms with van der Waals surface area (Å²) >= 11 is 6.14. The van der Waals surface area contributed by atoms with Gasteiger partial charge in [0.05, 0.1) is 22.8 Å². The molecule has 3 rings (SSSR count). The molecule has 3 aromatic rings. The van der Waals surface area contributed by atoms with Gasteiger partial charge >= 0.3 is 0 Å². The summed E-state index contributed by atoms with van der Waals surface area (Å²) in [5, 5.41) is 3.46. The number of carbonyl (C=O) groups excluding carboxylic acids is 1. The molecule has 0 radical (unpaired) electrons. The van der Waals surface area contributed by atoms with E-state index in [9.17, 15) is 9.18 Å². The molecule has 1 N–H and O–H groups in total. The van der Waals surface area contributed by atoms with Gasteiger partial charge in [-0.1, -0.05) is 11.6 Å². The molecule has 0 aliphatic rings. The van der Waals surface area contributed by atoms with Gasteiger partial charge in [0.25, 0.3) is 0 Å². The normalized spacial score (nSPS) is 11.1. The summed E-state index contributed by atoms with van der Waals surface area (Å²) in [6.45, 7) is 3.32. The van der Waals surface area contributed by atoms with E-state index < -0.39 is 6.67 Å². The molecule has 0 fully saturated rings. The first-order valence-corrected chi connectivity index (χ1v) is 9.10. The number of pyridine rings is 1. The number of ether oxygens (including phenoxy) is 1. The number of benzene rings is 1. The third-order valence-electron chi connectivity index (χ3n) is 3.93. The van der Waals surface area contributed by atoms with Gasteiger partial charge in [-0.25, -0.2) is 9.37 Å². The highest BCUT2D eigenvalue weighted by Crippen LogP contribution is 2.28. The molecule has 0 saturated heterocycles. The van der Waals surface area contributed by atoms with Crippen LogP contribution in [0, 0.1) is 0 Å². The predicted molar refractivity (Wildman–Crippen MR) is 104 cm³/mol. The zero-order chi connectivity index (χ0) is 19.4. The van der Waals surface area contributed by atoms with Crippen molar-refractivity contribution in [3.8, 4) is 17.0 Å². The predicted octanol–water partition coefficient (Wildman–Crippen LogP) is 4.07. The summed E-state index contributed by atoms with van der Waals surface area (Å²) in [6, 6.07) is 10.9. The second-order valence-corrected chi connectivity index (χ2v) is 6.88. The largest absolute Gasteiger partial charge is 0.491 e. The Morgan fingerprint density at radius 3 is 2.67 bits per heavy atom. The maximum absolute atomic E-state index is 12.4. The van der Waals surface area contributed by atoms with Gasteiger partial charge in [-0.2, -0.15) is 0 Å². The molecule has 0 saturated carbocycles. The van der Waals surface area contributed by atoms with E-state index in [1.807, 2.05) is 36.4 Å². The molecule has 1 aromatic carbocycles. The number of hydrogen-bond donors (Lipinski definition) is 1. The Balaban J connectivity index is 2.00. The van der Waals surface area contributed by atoms with Crippen LogP contribution < -0.4 is 10.1 Å². The number of nitrogens with zero attached hydrogens (tertiary/aromatic N) is 2. The number of fused-ring (bicyclic) bond motifs is 1. The summed E-state index contributed by atoms with van der Waals surface area (Å²) in [7, 11) is 0. The number of hydrogen-bond acceptors (Lipinski definition) is 3. The fraction of sp³-hybridized carbons (Fsp3) is 0.300.